The molecule has 0 atom stereocenters. The fourth-order valence-corrected chi connectivity index (χ4v) is 4.57. The first-order valence-electron chi connectivity index (χ1n) is 10.9. The monoisotopic (exact) mass is 419 g/mol. The molecule has 2 aliphatic rings. The Labute approximate surface area is 179 Å². The van der Waals surface area contributed by atoms with E-state index in [1.165, 1.54) is 37.0 Å². The van der Waals surface area contributed by atoms with Crippen LogP contribution in [0.15, 0.2) is 23.1 Å². The number of aryl methyl sites for hydroxylation is 1. The molecule has 5 heterocycles. The quantitative estimate of drug-likeness (QED) is 0.523. The lowest BCUT2D eigenvalue weighted by molar-refractivity contribution is 0.217. The molecule has 10 nitrogen and oxygen atoms in total. The standard InChI is InChI=1S/C21H25N9O/c1-13-17(20-23-6-10-31-20)26-21(22)30-18(13)25-16(27-30)5-7-28-8-9-29-15(12-28)11-24-19(29)14-3-2-4-14/h6,10-11,14H,2-5,7-9,12H2,1H3,(H2,22,26). The van der Waals surface area contributed by atoms with Crippen LogP contribution < -0.4 is 5.73 Å². The minimum Gasteiger partial charge on any atom is -0.443 e. The summed E-state index contributed by atoms with van der Waals surface area (Å²) in [4.78, 5) is 20.5. The highest BCUT2D eigenvalue weighted by molar-refractivity contribution is 5.65. The van der Waals surface area contributed by atoms with Crippen LogP contribution in [-0.4, -0.2) is 52.1 Å². The van der Waals surface area contributed by atoms with Gasteiger partial charge in [-0.1, -0.05) is 6.42 Å². The van der Waals surface area contributed by atoms with Gasteiger partial charge in [0, 0.05) is 50.3 Å². The van der Waals surface area contributed by atoms with Gasteiger partial charge in [-0.25, -0.2) is 19.9 Å². The molecule has 1 fully saturated rings. The molecule has 1 aliphatic carbocycles. The SMILES string of the molecule is Cc1c(-c2ncco2)nc(N)n2nc(CCN3CCn4c(cnc4C4CCC4)C3)nc12. The van der Waals surface area contributed by atoms with Crippen LogP contribution in [0, 0.1) is 6.92 Å². The summed E-state index contributed by atoms with van der Waals surface area (Å²) in [5.41, 5.74) is 9.59. The van der Waals surface area contributed by atoms with Crippen LogP contribution in [0.1, 0.15) is 48.1 Å². The molecule has 0 aromatic carbocycles. The molecule has 0 bridgehead atoms. The molecule has 1 aliphatic heterocycles. The molecular formula is C21H25N9O. The summed E-state index contributed by atoms with van der Waals surface area (Å²) in [6, 6.07) is 0. The first-order valence-corrected chi connectivity index (χ1v) is 10.9. The molecular weight excluding hydrogens is 394 g/mol. The molecule has 0 spiro atoms. The molecule has 160 valence electrons. The number of rotatable bonds is 5. The zero-order chi connectivity index (χ0) is 20.9. The third-order valence-corrected chi connectivity index (χ3v) is 6.54. The van der Waals surface area contributed by atoms with Crippen molar-refractivity contribution in [2.24, 2.45) is 0 Å². The van der Waals surface area contributed by atoms with E-state index in [4.69, 9.17) is 20.1 Å². The molecule has 0 unspecified atom stereocenters. The maximum absolute atomic E-state index is 6.14. The van der Waals surface area contributed by atoms with E-state index in [9.17, 15) is 0 Å². The lowest BCUT2D eigenvalue weighted by Crippen LogP contribution is -2.36. The molecule has 10 heteroatoms. The number of hydrogen-bond acceptors (Lipinski definition) is 8. The summed E-state index contributed by atoms with van der Waals surface area (Å²) in [5.74, 6) is 3.44. The lowest BCUT2D eigenvalue weighted by Gasteiger charge is -2.31. The Hall–Kier alpha value is -3.27. The summed E-state index contributed by atoms with van der Waals surface area (Å²) < 4.78 is 9.43. The number of hydrogen-bond donors (Lipinski definition) is 1. The molecule has 0 radical (unpaired) electrons. The minimum absolute atomic E-state index is 0.276. The highest BCUT2D eigenvalue weighted by Gasteiger charge is 2.28. The van der Waals surface area contributed by atoms with Gasteiger partial charge in [-0.15, -0.1) is 5.10 Å². The van der Waals surface area contributed by atoms with E-state index in [-0.39, 0.29) is 5.95 Å². The maximum Gasteiger partial charge on any atom is 0.245 e. The first kappa shape index (κ1) is 18.5. The number of oxazole rings is 1. The Kier molecular flexibility index (Phi) is 4.27. The lowest BCUT2D eigenvalue weighted by atomic mass is 9.85. The van der Waals surface area contributed by atoms with Crippen molar-refractivity contribution in [1.82, 2.24) is 39.0 Å². The Morgan fingerprint density at radius 1 is 1.19 bits per heavy atom. The van der Waals surface area contributed by atoms with E-state index in [0.29, 0.717) is 23.1 Å². The first-order chi connectivity index (χ1) is 15.2. The predicted molar refractivity (Wildman–Crippen MR) is 113 cm³/mol. The van der Waals surface area contributed by atoms with Crippen molar-refractivity contribution in [3.8, 4) is 11.6 Å². The van der Waals surface area contributed by atoms with Crippen molar-refractivity contribution >= 4 is 11.6 Å². The van der Waals surface area contributed by atoms with Gasteiger partial charge < -0.3 is 14.7 Å². The highest BCUT2D eigenvalue weighted by Crippen LogP contribution is 2.36. The fraction of sp³-hybridized carbons (Fsp3) is 0.476. The second-order valence-corrected chi connectivity index (χ2v) is 8.46. The van der Waals surface area contributed by atoms with Crippen molar-refractivity contribution in [3.63, 3.8) is 0 Å². The van der Waals surface area contributed by atoms with Crippen LogP contribution in [-0.2, 0) is 19.5 Å². The van der Waals surface area contributed by atoms with Crippen LogP contribution >= 0.6 is 0 Å². The second kappa shape index (κ2) is 7.16. The van der Waals surface area contributed by atoms with E-state index >= 15 is 0 Å². The third-order valence-electron chi connectivity index (χ3n) is 6.54. The Bertz CT molecular complexity index is 1240. The van der Waals surface area contributed by atoms with Crippen LogP contribution in [0.2, 0.25) is 0 Å². The Morgan fingerprint density at radius 3 is 2.87 bits per heavy atom. The van der Waals surface area contributed by atoms with Crippen LogP contribution in [0.3, 0.4) is 0 Å². The summed E-state index contributed by atoms with van der Waals surface area (Å²) in [7, 11) is 0. The Morgan fingerprint density at radius 2 is 2.10 bits per heavy atom. The molecule has 0 amide bonds. The van der Waals surface area contributed by atoms with E-state index in [1.54, 1.807) is 10.7 Å². The van der Waals surface area contributed by atoms with Gasteiger partial charge in [-0.3, -0.25) is 4.90 Å². The van der Waals surface area contributed by atoms with Gasteiger partial charge in [0.25, 0.3) is 0 Å². The van der Waals surface area contributed by atoms with E-state index in [1.807, 2.05) is 6.92 Å². The van der Waals surface area contributed by atoms with E-state index in [2.05, 4.69) is 30.7 Å². The van der Waals surface area contributed by atoms with Gasteiger partial charge in [0.05, 0.1) is 11.9 Å². The number of anilines is 1. The van der Waals surface area contributed by atoms with Gasteiger partial charge in [0.1, 0.15) is 17.8 Å². The van der Waals surface area contributed by atoms with Crippen molar-refractivity contribution in [2.45, 2.75) is 51.6 Å². The smallest absolute Gasteiger partial charge is 0.245 e. The zero-order valence-corrected chi connectivity index (χ0v) is 17.5. The van der Waals surface area contributed by atoms with Crippen molar-refractivity contribution < 1.29 is 4.42 Å². The number of nitrogen functional groups attached to an aromatic ring is 1. The largest absolute Gasteiger partial charge is 0.443 e. The molecule has 0 saturated heterocycles. The number of fused-ring (bicyclic) bond motifs is 2. The average Bonchev–Trinajstić information content (AvgIpc) is 3.48. The average molecular weight is 419 g/mol. The molecule has 6 rings (SSSR count). The number of nitrogens with zero attached hydrogens (tertiary/aromatic N) is 8. The van der Waals surface area contributed by atoms with Gasteiger partial charge in [0.15, 0.2) is 11.5 Å². The third kappa shape index (κ3) is 3.09. The second-order valence-electron chi connectivity index (χ2n) is 8.46. The fourth-order valence-electron chi connectivity index (χ4n) is 4.57. The predicted octanol–water partition coefficient (Wildman–Crippen LogP) is 2.19. The molecule has 1 saturated carbocycles. The molecule has 4 aromatic heterocycles. The van der Waals surface area contributed by atoms with Gasteiger partial charge >= 0.3 is 0 Å². The van der Waals surface area contributed by atoms with Gasteiger partial charge in [-0.2, -0.15) is 4.52 Å². The number of nitrogens with two attached hydrogens (primary N) is 1. The van der Waals surface area contributed by atoms with Gasteiger partial charge in [0.2, 0.25) is 11.8 Å². The van der Waals surface area contributed by atoms with E-state index in [0.717, 1.165) is 44.0 Å². The zero-order valence-electron chi connectivity index (χ0n) is 17.5. The topological polar surface area (TPSA) is 116 Å². The summed E-state index contributed by atoms with van der Waals surface area (Å²) >= 11 is 0. The maximum atomic E-state index is 6.14. The summed E-state index contributed by atoms with van der Waals surface area (Å²) in [6.45, 7) is 5.78. The van der Waals surface area contributed by atoms with Crippen LogP contribution in [0.4, 0.5) is 5.95 Å². The highest BCUT2D eigenvalue weighted by atomic mass is 16.3. The summed E-state index contributed by atoms with van der Waals surface area (Å²) in [6.07, 6.45) is 9.83. The molecule has 4 aromatic rings. The van der Waals surface area contributed by atoms with Gasteiger partial charge in [-0.05, 0) is 19.8 Å². The summed E-state index contributed by atoms with van der Waals surface area (Å²) in [5, 5.41) is 4.59. The minimum atomic E-state index is 0.276. The molecule has 31 heavy (non-hydrogen) atoms. The Balaban J connectivity index is 1.19. The molecule has 2 N–H and O–H groups in total. The normalized spacial score (nSPS) is 17.2. The van der Waals surface area contributed by atoms with Crippen molar-refractivity contribution in [3.05, 3.63) is 41.6 Å². The van der Waals surface area contributed by atoms with Crippen LogP contribution in [0.5, 0.6) is 0 Å². The number of aromatic nitrogens is 7. The number of imidazole rings is 1. The van der Waals surface area contributed by atoms with E-state index < -0.39 is 0 Å². The van der Waals surface area contributed by atoms with Crippen molar-refractivity contribution in [2.75, 3.05) is 18.8 Å². The van der Waals surface area contributed by atoms with Crippen LogP contribution in [0.25, 0.3) is 17.2 Å². The van der Waals surface area contributed by atoms with Crippen molar-refractivity contribution in [1.29, 1.82) is 0 Å².